The molecule has 1 aromatic heterocycles. The van der Waals surface area contributed by atoms with E-state index in [2.05, 4.69) is 11.9 Å². The van der Waals surface area contributed by atoms with Gasteiger partial charge in [-0.15, -0.1) is 17.9 Å². The van der Waals surface area contributed by atoms with Gasteiger partial charge in [0.1, 0.15) is 16.3 Å². The number of anilines is 1. The molecule has 1 heterocycles. The van der Waals surface area contributed by atoms with Crippen molar-refractivity contribution in [1.82, 2.24) is 0 Å². The van der Waals surface area contributed by atoms with Gasteiger partial charge in [-0.05, 0) is 12.5 Å². The zero-order valence-corrected chi connectivity index (χ0v) is 17.0. The number of nitrogens with one attached hydrogen (secondary N) is 1. The summed E-state index contributed by atoms with van der Waals surface area (Å²) in [6.07, 6.45) is 1.18. The Balaban J connectivity index is 2.43. The first-order chi connectivity index (χ1) is 13.7. The van der Waals surface area contributed by atoms with Crippen molar-refractivity contribution in [3.63, 3.8) is 0 Å². The number of sulfone groups is 1. The van der Waals surface area contributed by atoms with Crippen molar-refractivity contribution < 1.29 is 27.7 Å². The third-order valence-corrected chi connectivity index (χ3v) is 5.96. The number of rotatable bonds is 9. The molecule has 154 valence electrons. The molecular formula is C18H18N2O7S2. The summed E-state index contributed by atoms with van der Waals surface area (Å²) < 4.78 is 28.6. The van der Waals surface area contributed by atoms with Crippen LogP contribution >= 0.6 is 11.3 Å². The zero-order valence-electron chi connectivity index (χ0n) is 15.4. The van der Waals surface area contributed by atoms with Crippen molar-refractivity contribution in [3.05, 3.63) is 58.0 Å². The highest BCUT2D eigenvalue weighted by atomic mass is 32.2. The van der Waals surface area contributed by atoms with Crippen LogP contribution in [0.2, 0.25) is 0 Å². The molecule has 0 atom stereocenters. The number of esters is 1. The maximum Gasteiger partial charge on any atom is 0.341 e. The molecule has 1 aromatic carbocycles. The molecule has 0 saturated carbocycles. The van der Waals surface area contributed by atoms with Gasteiger partial charge < -0.3 is 10.1 Å². The number of carbonyl (C=O) groups is 2. The van der Waals surface area contributed by atoms with Gasteiger partial charge in [0.05, 0.1) is 17.3 Å². The molecule has 1 N–H and O–H groups in total. The molecule has 0 bridgehead atoms. The van der Waals surface area contributed by atoms with E-state index in [0.717, 1.165) is 11.3 Å². The molecule has 0 saturated heterocycles. The molecule has 9 nitrogen and oxygen atoms in total. The van der Waals surface area contributed by atoms with Gasteiger partial charge >= 0.3 is 5.97 Å². The number of carbonyl (C=O) groups excluding carboxylic acids is 2. The van der Waals surface area contributed by atoms with E-state index in [1.807, 2.05) is 0 Å². The summed E-state index contributed by atoms with van der Waals surface area (Å²) in [4.78, 5) is 35.1. The van der Waals surface area contributed by atoms with Crippen LogP contribution in [0.5, 0.6) is 0 Å². The summed E-state index contributed by atoms with van der Waals surface area (Å²) in [6.45, 7) is 5.02. The second-order valence-corrected chi connectivity index (χ2v) is 8.76. The number of nitro benzene ring substituents is 1. The Hall–Kier alpha value is -3.05. The third-order valence-electron chi connectivity index (χ3n) is 3.61. The molecule has 0 fully saturated rings. The van der Waals surface area contributed by atoms with Gasteiger partial charge in [0, 0.05) is 23.1 Å². The number of nitrogens with zero attached hydrogens (tertiary/aromatic N) is 1. The summed E-state index contributed by atoms with van der Waals surface area (Å²) in [5, 5.41) is 15.1. The van der Waals surface area contributed by atoms with E-state index in [-0.39, 0.29) is 28.6 Å². The number of ether oxygens (including phenoxy) is 1. The summed E-state index contributed by atoms with van der Waals surface area (Å²) in [7, 11) is -3.67. The minimum atomic E-state index is -3.67. The molecule has 0 spiro atoms. The minimum absolute atomic E-state index is 0.00631. The van der Waals surface area contributed by atoms with Crippen molar-refractivity contribution in [2.24, 2.45) is 0 Å². The molecule has 2 aromatic rings. The number of hydrogen-bond donors (Lipinski definition) is 1. The van der Waals surface area contributed by atoms with E-state index in [0.29, 0.717) is 11.1 Å². The fourth-order valence-corrected chi connectivity index (χ4v) is 4.38. The van der Waals surface area contributed by atoms with Crippen molar-refractivity contribution in [1.29, 1.82) is 0 Å². The predicted octanol–water partition coefficient (Wildman–Crippen LogP) is 3.04. The lowest BCUT2D eigenvalue weighted by molar-refractivity contribution is -0.384. The molecule has 11 heteroatoms. The standard InChI is InChI=1S/C18H18N2O7S2/c1-3-8-29(25,26)11-15(21)19-17-16(18(22)27-4-2)14(10-28-17)12-6-5-7-13(9-12)20(23)24/h3,5-7,9-10H,1,4,8,11H2,2H3,(H,19,21). The lowest BCUT2D eigenvalue weighted by Gasteiger charge is -2.09. The SMILES string of the molecule is C=CCS(=O)(=O)CC(=O)Nc1scc(-c2cccc([N+](=O)[O-])c2)c1C(=O)OCC. The van der Waals surface area contributed by atoms with Crippen LogP contribution in [0, 0.1) is 10.1 Å². The third kappa shape index (κ3) is 5.72. The molecule has 0 aliphatic heterocycles. The van der Waals surface area contributed by atoms with Crippen LogP contribution in [0.15, 0.2) is 42.3 Å². The van der Waals surface area contributed by atoms with Crippen LogP contribution in [-0.2, 0) is 19.4 Å². The summed E-state index contributed by atoms with van der Waals surface area (Å²) >= 11 is 0.990. The Morgan fingerprint density at radius 1 is 1.38 bits per heavy atom. The highest BCUT2D eigenvalue weighted by molar-refractivity contribution is 7.92. The first kappa shape index (κ1) is 22.2. The van der Waals surface area contributed by atoms with Crippen LogP contribution in [0.4, 0.5) is 10.7 Å². The summed E-state index contributed by atoms with van der Waals surface area (Å²) in [6, 6.07) is 5.66. The minimum Gasteiger partial charge on any atom is -0.462 e. The Kier molecular flexibility index (Phi) is 7.23. The van der Waals surface area contributed by atoms with Gasteiger partial charge in [0.15, 0.2) is 9.84 Å². The summed E-state index contributed by atoms with van der Waals surface area (Å²) in [5.74, 6) is -2.68. The van der Waals surface area contributed by atoms with E-state index >= 15 is 0 Å². The largest absolute Gasteiger partial charge is 0.462 e. The first-order valence-electron chi connectivity index (χ1n) is 8.33. The molecule has 0 aliphatic carbocycles. The van der Waals surface area contributed by atoms with Gasteiger partial charge in [0.2, 0.25) is 5.91 Å². The van der Waals surface area contributed by atoms with Crippen molar-refractivity contribution in [2.45, 2.75) is 6.92 Å². The maximum atomic E-state index is 12.5. The van der Waals surface area contributed by atoms with Crippen LogP contribution < -0.4 is 5.32 Å². The first-order valence-corrected chi connectivity index (χ1v) is 11.0. The predicted molar refractivity (Wildman–Crippen MR) is 110 cm³/mol. The Morgan fingerprint density at radius 3 is 2.72 bits per heavy atom. The average Bonchev–Trinajstić information content (AvgIpc) is 3.04. The number of benzene rings is 1. The Labute approximate surface area is 171 Å². The van der Waals surface area contributed by atoms with Gasteiger partial charge in [-0.2, -0.15) is 0 Å². The zero-order chi connectivity index (χ0) is 21.6. The Bertz CT molecular complexity index is 1060. The molecule has 2 rings (SSSR count). The average molecular weight is 438 g/mol. The van der Waals surface area contributed by atoms with E-state index < -0.39 is 32.4 Å². The second-order valence-electron chi connectivity index (χ2n) is 5.77. The topological polar surface area (TPSA) is 133 Å². The molecule has 0 radical (unpaired) electrons. The maximum absolute atomic E-state index is 12.5. The van der Waals surface area contributed by atoms with Crippen LogP contribution in [0.3, 0.4) is 0 Å². The number of thiophene rings is 1. The number of hydrogen-bond acceptors (Lipinski definition) is 8. The molecule has 0 aliphatic rings. The van der Waals surface area contributed by atoms with Gasteiger partial charge in [-0.3, -0.25) is 14.9 Å². The molecule has 1 amide bonds. The van der Waals surface area contributed by atoms with Crippen molar-refractivity contribution >= 4 is 43.7 Å². The van der Waals surface area contributed by atoms with E-state index in [9.17, 15) is 28.1 Å². The number of amides is 1. The smallest absolute Gasteiger partial charge is 0.341 e. The quantitative estimate of drug-likeness (QED) is 0.275. The normalized spacial score (nSPS) is 10.9. The fraction of sp³-hybridized carbons (Fsp3) is 0.222. The molecular weight excluding hydrogens is 420 g/mol. The highest BCUT2D eigenvalue weighted by Gasteiger charge is 2.25. The lowest BCUT2D eigenvalue weighted by Crippen LogP contribution is -2.24. The van der Waals surface area contributed by atoms with Crippen LogP contribution in [0.25, 0.3) is 11.1 Å². The molecule has 0 unspecified atom stereocenters. The van der Waals surface area contributed by atoms with E-state index in [4.69, 9.17) is 4.74 Å². The van der Waals surface area contributed by atoms with Crippen molar-refractivity contribution in [3.8, 4) is 11.1 Å². The lowest BCUT2D eigenvalue weighted by atomic mass is 10.0. The van der Waals surface area contributed by atoms with Crippen LogP contribution in [-0.4, -0.2) is 43.3 Å². The number of nitro groups is 1. The van der Waals surface area contributed by atoms with Crippen molar-refractivity contribution in [2.75, 3.05) is 23.4 Å². The van der Waals surface area contributed by atoms with Crippen LogP contribution in [0.1, 0.15) is 17.3 Å². The summed E-state index contributed by atoms with van der Waals surface area (Å²) in [5.41, 5.74) is 0.566. The van der Waals surface area contributed by atoms with Gasteiger partial charge in [0.25, 0.3) is 5.69 Å². The number of non-ortho nitro benzene ring substituents is 1. The molecule has 29 heavy (non-hydrogen) atoms. The van der Waals surface area contributed by atoms with Gasteiger partial charge in [-0.25, -0.2) is 13.2 Å². The van der Waals surface area contributed by atoms with E-state index in [1.54, 1.807) is 18.4 Å². The fourth-order valence-electron chi connectivity index (χ4n) is 2.46. The second kappa shape index (κ2) is 9.43. The Morgan fingerprint density at radius 2 is 2.10 bits per heavy atom. The van der Waals surface area contributed by atoms with E-state index in [1.165, 1.54) is 24.3 Å². The highest BCUT2D eigenvalue weighted by Crippen LogP contribution is 2.37. The van der Waals surface area contributed by atoms with Gasteiger partial charge in [-0.1, -0.05) is 18.2 Å². The monoisotopic (exact) mass is 438 g/mol.